The highest BCUT2D eigenvalue weighted by Gasteiger charge is 2.12. The number of carbonyl (C=O) groups excluding carboxylic acids is 2. The van der Waals surface area contributed by atoms with Gasteiger partial charge in [0.1, 0.15) is 11.5 Å². The maximum absolute atomic E-state index is 12.0. The number of hydrazone groups is 1. The molecule has 0 saturated heterocycles. The van der Waals surface area contributed by atoms with Gasteiger partial charge in [0.25, 0.3) is 0 Å². The lowest BCUT2D eigenvalue weighted by Gasteiger charge is -2.07. The Kier molecular flexibility index (Phi) is 9.21. The summed E-state index contributed by atoms with van der Waals surface area (Å²) in [5, 5.41) is 6.34. The minimum Gasteiger partial charge on any atom is -0.494 e. The van der Waals surface area contributed by atoms with Crippen LogP contribution in [0.1, 0.15) is 38.7 Å². The predicted octanol–water partition coefficient (Wildman–Crippen LogP) is 3.74. The van der Waals surface area contributed by atoms with Gasteiger partial charge in [-0.05, 0) is 54.8 Å². The van der Waals surface area contributed by atoms with E-state index in [1.54, 1.807) is 30.3 Å². The van der Waals surface area contributed by atoms with Crippen LogP contribution in [-0.4, -0.2) is 31.2 Å². The SMILES string of the molecule is CCCCOc1ccc(NC(=O)C(=O)N/N=C\c2cccc(OCCC)c2)cc1. The van der Waals surface area contributed by atoms with Crippen LogP contribution in [0.5, 0.6) is 11.5 Å². The Balaban J connectivity index is 1.81. The summed E-state index contributed by atoms with van der Waals surface area (Å²) >= 11 is 0. The maximum atomic E-state index is 12.0. The number of unbranched alkanes of at least 4 members (excludes halogenated alkanes) is 1. The molecule has 29 heavy (non-hydrogen) atoms. The fourth-order valence-electron chi connectivity index (χ4n) is 2.28. The van der Waals surface area contributed by atoms with Crippen molar-refractivity contribution in [2.24, 2.45) is 5.10 Å². The molecule has 0 radical (unpaired) electrons. The molecule has 7 nitrogen and oxygen atoms in total. The third-order valence-corrected chi connectivity index (χ3v) is 3.80. The quantitative estimate of drug-likeness (QED) is 0.277. The van der Waals surface area contributed by atoms with Crippen LogP contribution in [0.2, 0.25) is 0 Å². The van der Waals surface area contributed by atoms with Crippen molar-refractivity contribution in [2.75, 3.05) is 18.5 Å². The van der Waals surface area contributed by atoms with Gasteiger partial charge in [0.2, 0.25) is 0 Å². The summed E-state index contributed by atoms with van der Waals surface area (Å²) in [4.78, 5) is 23.9. The normalized spacial score (nSPS) is 10.6. The van der Waals surface area contributed by atoms with E-state index in [-0.39, 0.29) is 0 Å². The average molecular weight is 397 g/mol. The van der Waals surface area contributed by atoms with E-state index in [0.717, 1.165) is 36.3 Å². The number of nitrogens with zero attached hydrogens (tertiary/aromatic N) is 1. The summed E-state index contributed by atoms with van der Waals surface area (Å²) in [6, 6.07) is 14.1. The molecule has 0 fully saturated rings. The van der Waals surface area contributed by atoms with Crippen LogP contribution in [-0.2, 0) is 9.59 Å². The number of benzene rings is 2. The summed E-state index contributed by atoms with van der Waals surface area (Å²) in [6.07, 6.45) is 4.41. The Morgan fingerprint density at radius 2 is 1.69 bits per heavy atom. The monoisotopic (exact) mass is 397 g/mol. The Morgan fingerprint density at radius 1 is 0.931 bits per heavy atom. The molecule has 0 saturated carbocycles. The molecule has 2 N–H and O–H groups in total. The van der Waals surface area contributed by atoms with E-state index in [0.29, 0.717) is 18.9 Å². The van der Waals surface area contributed by atoms with Crippen LogP contribution in [0.4, 0.5) is 5.69 Å². The van der Waals surface area contributed by atoms with Gasteiger partial charge >= 0.3 is 11.8 Å². The Bertz CT molecular complexity index is 819. The molecule has 7 heteroatoms. The zero-order valence-corrected chi connectivity index (χ0v) is 16.8. The Hall–Kier alpha value is -3.35. The van der Waals surface area contributed by atoms with E-state index < -0.39 is 11.8 Å². The molecule has 2 amide bonds. The number of ether oxygens (including phenoxy) is 2. The number of hydrogen-bond acceptors (Lipinski definition) is 5. The van der Waals surface area contributed by atoms with Crippen LogP contribution < -0.4 is 20.2 Å². The maximum Gasteiger partial charge on any atom is 0.329 e. The van der Waals surface area contributed by atoms with Crippen LogP contribution in [0, 0.1) is 0 Å². The summed E-state index contributed by atoms with van der Waals surface area (Å²) in [7, 11) is 0. The van der Waals surface area contributed by atoms with Crippen LogP contribution in [0.15, 0.2) is 53.6 Å². The first-order chi connectivity index (χ1) is 14.1. The van der Waals surface area contributed by atoms with Crippen LogP contribution >= 0.6 is 0 Å². The van der Waals surface area contributed by atoms with E-state index in [1.807, 2.05) is 25.1 Å². The zero-order chi connectivity index (χ0) is 20.9. The molecule has 0 unspecified atom stereocenters. The number of carbonyl (C=O) groups is 2. The van der Waals surface area contributed by atoms with E-state index in [1.165, 1.54) is 6.21 Å². The fourth-order valence-corrected chi connectivity index (χ4v) is 2.28. The van der Waals surface area contributed by atoms with Crippen molar-refractivity contribution >= 4 is 23.7 Å². The first-order valence-corrected chi connectivity index (χ1v) is 9.72. The number of hydrogen-bond donors (Lipinski definition) is 2. The predicted molar refractivity (Wildman–Crippen MR) is 113 cm³/mol. The lowest BCUT2D eigenvalue weighted by atomic mass is 10.2. The highest BCUT2D eigenvalue weighted by Crippen LogP contribution is 2.16. The first-order valence-electron chi connectivity index (χ1n) is 9.72. The van der Waals surface area contributed by atoms with Gasteiger partial charge in [0.05, 0.1) is 19.4 Å². The fraction of sp³-hybridized carbons (Fsp3) is 0.318. The highest BCUT2D eigenvalue weighted by molar-refractivity contribution is 6.39. The number of rotatable bonds is 10. The molecule has 2 aromatic carbocycles. The number of amides is 2. The van der Waals surface area contributed by atoms with Crippen LogP contribution in [0.3, 0.4) is 0 Å². The van der Waals surface area contributed by atoms with Crippen molar-refractivity contribution in [1.82, 2.24) is 5.43 Å². The third-order valence-electron chi connectivity index (χ3n) is 3.80. The van der Waals surface area contributed by atoms with Crippen molar-refractivity contribution in [3.8, 4) is 11.5 Å². The topological polar surface area (TPSA) is 89.0 Å². The number of anilines is 1. The smallest absolute Gasteiger partial charge is 0.329 e. The van der Waals surface area contributed by atoms with Gasteiger partial charge in [-0.1, -0.05) is 32.4 Å². The molecule has 2 rings (SSSR count). The molecule has 0 aliphatic rings. The molecular formula is C22H27N3O4. The molecule has 0 spiro atoms. The van der Waals surface area contributed by atoms with Gasteiger partial charge in [-0.3, -0.25) is 9.59 Å². The third kappa shape index (κ3) is 8.04. The van der Waals surface area contributed by atoms with E-state index in [9.17, 15) is 9.59 Å². The molecule has 0 aliphatic carbocycles. The van der Waals surface area contributed by atoms with Crippen LogP contribution in [0.25, 0.3) is 0 Å². The Morgan fingerprint density at radius 3 is 2.41 bits per heavy atom. The second kappa shape index (κ2) is 12.2. The summed E-state index contributed by atoms with van der Waals surface area (Å²) in [5.74, 6) is -0.220. The molecule has 0 aliphatic heterocycles. The highest BCUT2D eigenvalue weighted by atomic mass is 16.5. The summed E-state index contributed by atoms with van der Waals surface area (Å²) in [6.45, 7) is 5.40. The summed E-state index contributed by atoms with van der Waals surface area (Å²) in [5.41, 5.74) is 3.46. The minimum atomic E-state index is -0.858. The molecule has 0 bridgehead atoms. The molecule has 154 valence electrons. The van der Waals surface area contributed by atoms with Crippen molar-refractivity contribution < 1.29 is 19.1 Å². The van der Waals surface area contributed by atoms with Gasteiger partial charge in [-0.15, -0.1) is 0 Å². The van der Waals surface area contributed by atoms with Crippen molar-refractivity contribution in [2.45, 2.75) is 33.1 Å². The first kappa shape index (κ1) is 21.9. The van der Waals surface area contributed by atoms with E-state index in [4.69, 9.17) is 9.47 Å². The van der Waals surface area contributed by atoms with Crippen molar-refractivity contribution in [3.63, 3.8) is 0 Å². The lowest BCUT2D eigenvalue weighted by molar-refractivity contribution is -0.136. The average Bonchev–Trinajstić information content (AvgIpc) is 2.74. The van der Waals surface area contributed by atoms with Crippen molar-refractivity contribution in [1.29, 1.82) is 0 Å². The van der Waals surface area contributed by atoms with Gasteiger partial charge in [0, 0.05) is 5.69 Å². The van der Waals surface area contributed by atoms with Crippen molar-refractivity contribution in [3.05, 3.63) is 54.1 Å². The summed E-state index contributed by atoms with van der Waals surface area (Å²) < 4.78 is 11.1. The van der Waals surface area contributed by atoms with Gasteiger partial charge in [-0.25, -0.2) is 5.43 Å². The molecule has 2 aromatic rings. The second-order valence-corrected chi connectivity index (χ2v) is 6.30. The van der Waals surface area contributed by atoms with Gasteiger partial charge < -0.3 is 14.8 Å². The lowest BCUT2D eigenvalue weighted by Crippen LogP contribution is -2.32. The second-order valence-electron chi connectivity index (χ2n) is 6.30. The molecule has 0 atom stereocenters. The molecule has 0 aromatic heterocycles. The van der Waals surface area contributed by atoms with E-state index >= 15 is 0 Å². The zero-order valence-electron chi connectivity index (χ0n) is 16.8. The molecule has 0 heterocycles. The van der Waals surface area contributed by atoms with Gasteiger partial charge in [-0.2, -0.15) is 5.10 Å². The standard InChI is InChI=1S/C22H27N3O4/c1-3-5-14-29-19-11-9-18(10-12-19)24-21(26)22(27)25-23-16-17-7-6-8-20(15-17)28-13-4-2/h6-12,15-16H,3-5,13-14H2,1-2H3,(H,24,26)(H,25,27)/b23-16-. The minimum absolute atomic E-state index is 0.498. The Labute approximate surface area is 171 Å². The largest absolute Gasteiger partial charge is 0.494 e. The number of nitrogens with one attached hydrogen (secondary N) is 2. The van der Waals surface area contributed by atoms with Gasteiger partial charge in [0.15, 0.2) is 0 Å². The molecular weight excluding hydrogens is 370 g/mol. The van der Waals surface area contributed by atoms with E-state index in [2.05, 4.69) is 22.8 Å².